The summed E-state index contributed by atoms with van der Waals surface area (Å²) in [5, 5.41) is 2.93. The van der Waals surface area contributed by atoms with E-state index < -0.39 is 0 Å². The van der Waals surface area contributed by atoms with E-state index in [-0.39, 0.29) is 11.4 Å². The Hall–Kier alpha value is -1.35. The van der Waals surface area contributed by atoms with Crippen LogP contribution in [0.3, 0.4) is 0 Å². The van der Waals surface area contributed by atoms with Gasteiger partial charge in [-0.15, -0.1) is 0 Å². The van der Waals surface area contributed by atoms with Crippen molar-refractivity contribution in [1.82, 2.24) is 5.32 Å². The maximum Gasteiger partial charge on any atom is 0.224 e. The van der Waals surface area contributed by atoms with Crippen molar-refractivity contribution in [3.8, 4) is 0 Å². The van der Waals surface area contributed by atoms with Gasteiger partial charge in [0, 0.05) is 12.1 Å². The van der Waals surface area contributed by atoms with Gasteiger partial charge in [0.05, 0.1) is 6.42 Å². The van der Waals surface area contributed by atoms with E-state index in [1.807, 2.05) is 39.8 Å². The van der Waals surface area contributed by atoms with Gasteiger partial charge < -0.3 is 11.1 Å². The summed E-state index contributed by atoms with van der Waals surface area (Å²) >= 11 is 0. The van der Waals surface area contributed by atoms with Crippen LogP contribution in [0.2, 0.25) is 0 Å². The molecule has 0 atom stereocenters. The van der Waals surface area contributed by atoms with Crippen LogP contribution in [-0.4, -0.2) is 18.0 Å². The third-order valence-electron chi connectivity index (χ3n) is 2.63. The summed E-state index contributed by atoms with van der Waals surface area (Å²) in [6.45, 7) is 8.36. The van der Waals surface area contributed by atoms with Gasteiger partial charge in [-0.25, -0.2) is 0 Å². The predicted molar refractivity (Wildman–Crippen MR) is 70.9 cm³/mol. The first kappa shape index (κ1) is 13.7. The van der Waals surface area contributed by atoms with Crippen LogP contribution in [0.5, 0.6) is 0 Å². The SMILES string of the molecule is Cc1cc(C)cc(CC(=O)NC(C)(C)CN)c1. The van der Waals surface area contributed by atoms with Crippen molar-refractivity contribution in [2.24, 2.45) is 5.73 Å². The fourth-order valence-corrected chi connectivity index (χ4v) is 1.83. The Kier molecular flexibility index (Phi) is 4.29. The zero-order valence-corrected chi connectivity index (χ0v) is 11.1. The maximum atomic E-state index is 11.8. The highest BCUT2D eigenvalue weighted by molar-refractivity contribution is 5.79. The minimum Gasteiger partial charge on any atom is -0.350 e. The van der Waals surface area contributed by atoms with Gasteiger partial charge in [-0.1, -0.05) is 29.3 Å². The van der Waals surface area contributed by atoms with E-state index in [0.29, 0.717) is 13.0 Å². The highest BCUT2D eigenvalue weighted by Gasteiger charge is 2.18. The molecule has 0 saturated heterocycles. The molecule has 1 rings (SSSR count). The lowest BCUT2D eigenvalue weighted by Crippen LogP contribution is -2.49. The minimum atomic E-state index is -0.337. The Morgan fingerprint density at radius 2 is 1.76 bits per heavy atom. The summed E-state index contributed by atoms with van der Waals surface area (Å²) in [5.74, 6) is 0.0189. The van der Waals surface area contributed by atoms with Crippen molar-refractivity contribution in [1.29, 1.82) is 0 Å². The smallest absolute Gasteiger partial charge is 0.224 e. The molecular formula is C14H22N2O. The van der Waals surface area contributed by atoms with E-state index in [9.17, 15) is 4.79 Å². The summed E-state index contributed by atoms with van der Waals surface area (Å²) < 4.78 is 0. The van der Waals surface area contributed by atoms with Crippen molar-refractivity contribution >= 4 is 5.91 Å². The molecule has 0 aliphatic carbocycles. The zero-order valence-electron chi connectivity index (χ0n) is 11.1. The summed E-state index contributed by atoms with van der Waals surface area (Å²) in [6.07, 6.45) is 0.409. The molecule has 17 heavy (non-hydrogen) atoms. The standard InChI is InChI=1S/C14H22N2O/c1-10-5-11(2)7-12(6-10)8-13(17)16-14(3,4)9-15/h5-7H,8-9,15H2,1-4H3,(H,16,17). The topological polar surface area (TPSA) is 55.1 Å². The number of hydrogen-bond acceptors (Lipinski definition) is 2. The second-order valence-electron chi connectivity index (χ2n) is 5.31. The molecule has 0 aliphatic rings. The molecule has 3 heteroatoms. The molecule has 0 unspecified atom stereocenters. The van der Waals surface area contributed by atoms with Gasteiger partial charge in [-0.2, -0.15) is 0 Å². The van der Waals surface area contributed by atoms with Crippen LogP contribution in [0.15, 0.2) is 18.2 Å². The average molecular weight is 234 g/mol. The number of carbonyl (C=O) groups is 1. The fraction of sp³-hybridized carbons (Fsp3) is 0.500. The molecule has 0 aromatic heterocycles. The molecule has 0 heterocycles. The van der Waals surface area contributed by atoms with E-state index in [1.165, 1.54) is 11.1 Å². The summed E-state index contributed by atoms with van der Waals surface area (Å²) in [4.78, 5) is 11.8. The monoisotopic (exact) mass is 234 g/mol. The molecule has 0 spiro atoms. The van der Waals surface area contributed by atoms with Crippen LogP contribution in [0.1, 0.15) is 30.5 Å². The number of hydrogen-bond donors (Lipinski definition) is 2. The molecule has 0 aliphatic heterocycles. The van der Waals surface area contributed by atoms with Crippen LogP contribution in [-0.2, 0) is 11.2 Å². The van der Waals surface area contributed by atoms with Crippen LogP contribution >= 0.6 is 0 Å². The van der Waals surface area contributed by atoms with E-state index in [4.69, 9.17) is 5.73 Å². The Morgan fingerprint density at radius 1 is 1.24 bits per heavy atom. The molecule has 1 amide bonds. The molecule has 3 nitrogen and oxygen atoms in total. The van der Waals surface area contributed by atoms with Crippen molar-refractivity contribution in [2.75, 3.05) is 6.54 Å². The highest BCUT2D eigenvalue weighted by atomic mass is 16.1. The first-order valence-electron chi connectivity index (χ1n) is 5.91. The van der Waals surface area contributed by atoms with Gasteiger partial charge in [0.2, 0.25) is 5.91 Å². The summed E-state index contributed by atoms with van der Waals surface area (Å²) in [6, 6.07) is 6.19. The Morgan fingerprint density at radius 3 is 2.24 bits per heavy atom. The van der Waals surface area contributed by atoms with Gasteiger partial charge in [0.15, 0.2) is 0 Å². The van der Waals surface area contributed by atoms with E-state index in [0.717, 1.165) is 5.56 Å². The quantitative estimate of drug-likeness (QED) is 0.833. The van der Waals surface area contributed by atoms with Gasteiger partial charge in [-0.05, 0) is 33.3 Å². The molecular weight excluding hydrogens is 212 g/mol. The lowest BCUT2D eigenvalue weighted by molar-refractivity contribution is -0.121. The first-order chi connectivity index (χ1) is 7.82. The fourth-order valence-electron chi connectivity index (χ4n) is 1.83. The Bertz CT molecular complexity index is 390. The lowest BCUT2D eigenvalue weighted by atomic mass is 10.0. The highest BCUT2D eigenvalue weighted by Crippen LogP contribution is 2.10. The Labute approximate surface area is 103 Å². The number of amides is 1. The molecule has 1 aromatic rings. The molecule has 1 aromatic carbocycles. The lowest BCUT2D eigenvalue weighted by Gasteiger charge is -2.24. The third kappa shape index (κ3) is 4.57. The second-order valence-corrected chi connectivity index (χ2v) is 5.31. The number of carbonyl (C=O) groups excluding carboxylic acids is 1. The van der Waals surface area contributed by atoms with Gasteiger partial charge in [-0.3, -0.25) is 4.79 Å². The summed E-state index contributed by atoms with van der Waals surface area (Å²) in [5.41, 5.74) is 8.67. The molecule has 3 N–H and O–H groups in total. The van der Waals surface area contributed by atoms with Crippen LogP contribution in [0.25, 0.3) is 0 Å². The maximum absolute atomic E-state index is 11.8. The molecule has 0 radical (unpaired) electrons. The summed E-state index contributed by atoms with van der Waals surface area (Å²) in [7, 11) is 0. The van der Waals surface area contributed by atoms with E-state index in [1.54, 1.807) is 0 Å². The van der Waals surface area contributed by atoms with Gasteiger partial charge in [0.1, 0.15) is 0 Å². The van der Waals surface area contributed by atoms with Crippen molar-refractivity contribution in [3.63, 3.8) is 0 Å². The zero-order chi connectivity index (χ0) is 13.1. The van der Waals surface area contributed by atoms with Crippen LogP contribution in [0.4, 0.5) is 0 Å². The number of nitrogens with two attached hydrogens (primary N) is 1. The number of benzene rings is 1. The third-order valence-corrected chi connectivity index (χ3v) is 2.63. The van der Waals surface area contributed by atoms with E-state index >= 15 is 0 Å². The van der Waals surface area contributed by atoms with Crippen molar-refractivity contribution < 1.29 is 4.79 Å². The number of aryl methyl sites for hydroxylation is 2. The molecule has 94 valence electrons. The Balaban J connectivity index is 2.68. The largest absolute Gasteiger partial charge is 0.350 e. The number of nitrogens with one attached hydrogen (secondary N) is 1. The van der Waals surface area contributed by atoms with E-state index in [2.05, 4.69) is 11.4 Å². The number of rotatable bonds is 4. The second kappa shape index (κ2) is 5.32. The van der Waals surface area contributed by atoms with Crippen LogP contribution in [0, 0.1) is 13.8 Å². The van der Waals surface area contributed by atoms with Crippen LogP contribution < -0.4 is 11.1 Å². The van der Waals surface area contributed by atoms with Crippen molar-refractivity contribution in [3.05, 3.63) is 34.9 Å². The van der Waals surface area contributed by atoms with Gasteiger partial charge >= 0.3 is 0 Å². The molecule has 0 saturated carbocycles. The first-order valence-corrected chi connectivity index (χ1v) is 5.91. The average Bonchev–Trinajstić information content (AvgIpc) is 2.14. The normalized spacial score (nSPS) is 11.4. The predicted octanol–water partition coefficient (Wildman–Crippen LogP) is 1.70. The minimum absolute atomic E-state index is 0.0189. The molecule has 0 fully saturated rings. The van der Waals surface area contributed by atoms with Crippen molar-refractivity contribution in [2.45, 2.75) is 39.7 Å². The molecule has 0 bridgehead atoms. The van der Waals surface area contributed by atoms with Gasteiger partial charge in [0.25, 0.3) is 0 Å².